The monoisotopic (exact) mass is 181 g/mol. The van der Waals surface area contributed by atoms with E-state index in [9.17, 15) is 9.59 Å². The third kappa shape index (κ3) is 2.43. The van der Waals surface area contributed by atoms with E-state index in [0.717, 1.165) is 0 Å². The zero-order valence-electron chi connectivity index (χ0n) is 7.59. The molecule has 1 aromatic heterocycles. The van der Waals surface area contributed by atoms with E-state index in [2.05, 4.69) is 5.32 Å². The Balaban J connectivity index is 2.59. The van der Waals surface area contributed by atoms with Crippen LogP contribution in [0.5, 0.6) is 0 Å². The van der Waals surface area contributed by atoms with Crippen LogP contribution in [0.25, 0.3) is 0 Å². The molecule has 0 aliphatic heterocycles. The van der Waals surface area contributed by atoms with Gasteiger partial charge in [-0.15, -0.1) is 0 Å². The number of amides is 1. The average Bonchev–Trinajstić information content (AvgIpc) is 2.47. The first-order valence-corrected chi connectivity index (χ1v) is 3.93. The summed E-state index contributed by atoms with van der Waals surface area (Å²) in [6.45, 7) is 3.18. The maximum Gasteiger partial charge on any atom is 0.255 e. The first-order valence-electron chi connectivity index (χ1n) is 3.93. The number of hydrogen-bond acceptors (Lipinski definition) is 3. The lowest BCUT2D eigenvalue weighted by Crippen LogP contribution is -2.28. The second-order valence-corrected chi connectivity index (χ2v) is 2.78. The SMILES string of the molecule is CC(=O)CNC(=O)c1ccoc1C. The van der Waals surface area contributed by atoms with Crippen LogP contribution in [-0.4, -0.2) is 18.2 Å². The summed E-state index contributed by atoms with van der Waals surface area (Å²) >= 11 is 0. The molecule has 0 atom stereocenters. The molecular formula is C9H11NO3. The van der Waals surface area contributed by atoms with E-state index in [1.807, 2.05) is 0 Å². The minimum Gasteiger partial charge on any atom is -0.469 e. The lowest BCUT2D eigenvalue weighted by Gasteiger charge is -2.00. The van der Waals surface area contributed by atoms with Gasteiger partial charge in [-0.2, -0.15) is 0 Å². The predicted molar refractivity (Wildman–Crippen MR) is 46.5 cm³/mol. The maximum atomic E-state index is 11.3. The van der Waals surface area contributed by atoms with Gasteiger partial charge in [0.2, 0.25) is 0 Å². The summed E-state index contributed by atoms with van der Waals surface area (Å²) in [7, 11) is 0. The van der Waals surface area contributed by atoms with E-state index in [0.29, 0.717) is 11.3 Å². The molecule has 4 nitrogen and oxygen atoms in total. The summed E-state index contributed by atoms with van der Waals surface area (Å²) in [4.78, 5) is 21.9. The van der Waals surface area contributed by atoms with Crippen LogP contribution in [0.1, 0.15) is 23.0 Å². The number of furan rings is 1. The Morgan fingerprint density at radius 3 is 2.69 bits per heavy atom. The van der Waals surface area contributed by atoms with E-state index in [1.165, 1.54) is 13.2 Å². The summed E-state index contributed by atoms with van der Waals surface area (Å²) in [6.07, 6.45) is 1.44. The highest BCUT2D eigenvalue weighted by Gasteiger charge is 2.10. The molecule has 0 fully saturated rings. The van der Waals surface area contributed by atoms with Crippen LogP contribution in [0.4, 0.5) is 0 Å². The molecular weight excluding hydrogens is 170 g/mol. The van der Waals surface area contributed by atoms with Crippen molar-refractivity contribution in [2.75, 3.05) is 6.54 Å². The van der Waals surface area contributed by atoms with Gasteiger partial charge >= 0.3 is 0 Å². The summed E-state index contributed by atoms with van der Waals surface area (Å²) in [5, 5.41) is 2.48. The molecule has 0 bridgehead atoms. The highest BCUT2D eigenvalue weighted by atomic mass is 16.3. The molecule has 1 rings (SSSR count). The van der Waals surface area contributed by atoms with Gasteiger partial charge in [0.05, 0.1) is 18.4 Å². The Bertz CT molecular complexity index is 327. The van der Waals surface area contributed by atoms with Crippen molar-refractivity contribution in [3.05, 3.63) is 23.7 Å². The molecule has 0 radical (unpaired) electrons. The molecule has 0 aliphatic rings. The molecule has 0 spiro atoms. The van der Waals surface area contributed by atoms with E-state index < -0.39 is 0 Å². The number of hydrogen-bond donors (Lipinski definition) is 1. The third-order valence-corrected chi connectivity index (χ3v) is 1.60. The second kappa shape index (κ2) is 3.89. The van der Waals surface area contributed by atoms with Crippen LogP contribution < -0.4 is 5.32 Å². The van der Waals surface area contributed by atoms with Crippen LogP contribution >= 0.6 is 0 Å². The largest absolute Gasteiger partial charge is 0.469 e. The maximum absolute atomic E-state index is 11.3. The Hall–Kier alpha value is -1.58. The summed E-state index contributed by atoms with van der Waals surface area (Å²) < 4.78 is 4.95. The Labute approximate surface area is 75.9 Å². The fourth-order valence-corrected chi connectivity index (χ4v) is 0.921. The molecule has 13 heavy (non-hydrogen) atoms. The average molecular weight is 181 g/mol. The smallest absolute Gasteiger partial charge is 0.255 e. The molecule has 70 valence electrons. The Morgan fingerprint density at radius 2 is 2.23 bits per heavy atom. The van der Waals surface area contributed by atoms with Crippen LogP contribution in [-0.2, 0) is 4.79 Å². The van der Waals surface area contributed by atoms with Crippen molar-refractivity contribution < 1.29 is 14.0 Å². The van der Waals surface area contributed by atoms with Gasteiger partial charge in [0.1, 0.15) is 11.5 Å². The van der Waals surface area contributed by atoms with Crippen LogP contribution in [0, 0.1) is 6.92 Å². The van der Waals surface area contributed by atoms with E-state index in [1.54, 1.807) is 13.0 Å². The first kappa shape index (κ1) is 9.51. The Morgan fingerprint density at radius 1 is 1.54 bits per heavy atom. The Kier molecular flexibility index (Phi) is 2.84. The van der Waals surface area contributed by atoms with Crippen molar-refractivity contribution in [3.63, 3.8) is 0 Å². The van der Waals surface area contributed by atoms with E-state index in [4.69, 9.17) is 4.42 Å². The number of aryl methyl sites for hydroxylation is 1. The normalized spacial score (nSPS) is 9.69. The van der Waals surface area contributed by atoms with Gasteiger partial charge < -0.3 is 9.73 Å². The first-order chi connectivity index (χ1) is 6.11. The fraction of sp³-hybridized carbons (Fsp3) is 0.333. The van der Waals surface area contributed by atoms with Crippen molar-refractivity contribution in [1.82, 2.24) is 5.32 Å². The molecule has 1 aromatic rings. The van der Waals surface area contributed by atoms with Gasteiger partial charge in [-0.1, -0.05) is 0 Å². The summed E-state index contributed by atoms with van der Waals surface area (Å²) in [5.41, 5.74) is 0.473. The van der Waals surface area contributed by atoms with Crippen molar-refractivity contribution in [2.24, 2.45) is 0 Å². The quantitative estimate of drug-likeness (QED) is 0.753. The van der Waals surface area contributed by atoms with Crippen LogP contribution in [0.3, 0.4) is 0 Å². The zero-order chi connectivity index (χ0) is 9.84. The van der Waals surface area contributed by atoms with Crippen molar-refractivity contribution >= 4 is 11.7 Å². The minimum absolute atomic E-state index is 0.0590. The van der Waals surface area contributed by atoms with Gasteiger partial charge in [0, 0.05) is 0 Å². The van der Waals surface area contributed by atoms with Gasteiger partial charge in [-0.3, -0.25) is 9.59 Å². The number of ketones is 1. The van der Waals surface area contributed by atoms with Crippen LogP contribution in [0.15, 0.2) is 16.7 Å². The van der Waals surface area contributed by atoms with Crippen LogP contribution in [0.2, 0.25) is 0 Å². The number of Topliss-reactive ketones (excluding diaryl/α,β-unsaturated/α-hetero) is 1. The van der Waals surface area contributed by atoms with Gasteiger partial charge in [-0.25, -0.2) is 0 Å². The minimum atomic E-state index is -0.276. The van der Waals surface area contributed by atoms with Crippen molar-refractivity contribution in [2.45, 2.75) is 13.8 Å². The number of carbonyl (C=O) groups is 2. The lowest BCUT2D eigenvalue weighted by molar-refractivity contribution is -0.116. The van der Waals surface area contributed by atoms with E-state index in [-0.39, 0.29) is 18.2 Å². The molecule has 1 N–H and O–H groups in total. The molecule has 1 heterocycles. The molecule has 0 saturated carbocycles. The highest BCUT2D eigenvalue weighted by Crippen LogP contribution is 2.07. The molecule has 0 aliphatic carbocycles. The van der Waals surface area contributed by atoms with Gasteiger partial charge in [-0.05, 0) is 19.9 Å². The molecule has 0 aromatic carbocycles. The highest BCUT2D eigenvalue weighted by molar-refractivity contribution is 5.97. The summed E-state index contributed by atoms with van der Waals surface area (Å²) in [5.74, 6) is 0.206. The van der Waals surface area contributed by atoms with E-state index >= 15 is 0 Å². The molecule has 1 amide bonds. The van der Waals surface area contributed by atoms with Crippen molar-refractivity contribution in [1.29, 1.82) is 0 Å². The number of carbonyl (C=O) groups excluding carboxylic acids is 2. The van der Waals surface area contributed by atoms with Gasteiger partial charge in [0.15, 0.2) is 0 Å². The second-order valence-electron chi connectivity index (χ2n) is 2.78. The zero-order valence-corrected chi connectivity index (χ0v) is 7.59. The third-order valence-electron chi connectivity index (χ3n) is 1.60. The summed E-state index contributed by atoms with van der Waals surface area (Å²) in [6, 6.07) is 1.57. The van der Waals surface area contributed by atoms with Gasteiger partial charge in [0.25, 0.3) is 5.91 Å². The standard InChI is InChI=1S/C9H11NO3/c1-6(11)5-10-9(12)8-3-4-13-7(8)2/h3-4H,5H2,1-2H3,(H,10,12). The topological polar surface area (TPSA) is 59.3 Å². The predicted octanol–water partition coefficient (Wildman–Crippen LogP) is 0.907. The molecule has 4 heteroatoms. The molecule has 0 saturated heterocycles. The molecule has 0 unspecified atom stereocenters. The number of rotatable bonds is 3. The lowest BCUT2D eigenvalue weighted by atomic mass is 10.2. The number of nitrogens with one attached hydrogen (secondary N) is 1. The van der Waals surface area contributed by atoms with Crippen molar-refractivity contribution in [3.8, 4) is 0 Å². The fourth-order valence-electron chi connectivity index (χ4n) is 0.921.